The van der Waals surface area contributed by atoms with Crippen LogP contribution in [-0.2, 0) is 5.41 Å². The normalized spacial score (nSPS) is 24.2. The Kier molecular flexibility index (Phi) is 6.02. The Bertz CT molecular complexity index is 929. The molecule has 2 fully saturated rings. The van der Waals surface area contributed by atoms with Gasteiger partial charge in [-0.05, 0) is 60.9 Å². The summed E-state index contributed by atoms with van der Waals surface area (Å²) in [7, 11) is 1.74. The van der Waals surface area contributed by atoms with E-state index in [0.29, 0.717) is 6.10 Å². The van der Waals surface area contributed by atoms with Crippen LogP contribution in [0.25, 0.3) is 6.08 Å². The van der Waals surface area contributed by atoms with E-state index in [1.54, 1.807) is 7.11 Å². The van der Waals surface area contributed by atoms with E-state index in [-0.39, 0.29) is 5.41 Å². The molecule has 1 heterocycles. The molecule has 5 rings (SSSR count). The molecular formula is C27H34N2O2. The SMILES string of the molecule is COc1ccc([C@@]2(CN3CCNCC3)CC=Cc3ccccc32)cc1OC1CCCC1. The van der Waals surface area contributed by atoms with E-state index in [2.05, 4.69) is 64.8 Å². The van der Waals surface area contributed by atoms with Gasteiger partial charge in [-0.15, -0.1) is 0 Å². The fraction of sp³-hybridized carbons (Fsp3) is 0.481. The Morgan fingerprint density at radius 1 is 1.03 bits per heavy atom. The van der Waals surface area contributed by atoms with Gasteiger partial charge < -0.3 is 14.8 Å². The number of hydrogen-bond donors (Lipinski definition) is 1. The summed E-state index contributed by atoms with van der Waals surface area (Å²) < 4.78 is 12.2. The van der Waals surface area contributed by atoms with Crippen LogP contribution in [-0.4, -0.2) is 50.8 Å². The molecule has 0 bridgehead atoms. The molecule has 4 heteroatoms. The maximum absolute atomic E-state index is 6.49. The van der Waals surface area contributed by atoms with Gasteiger partial charge in [0.05, 0.1) is 13.2 Å². The minimum atomic E-state index is -0.0806. The van der Waals surface area contributed by atoms with Gasteiger partial charge in [0.25, 0.3) is 0 Å². The molecule has 2 aromatic rings. The lowest BCUT2D eigenvalue weighted by Crippen LogP contribution is -2.50. The van der Waals surface area contributed by atoms with Gasteiger partial charge in [0.1, 0.15) is 0 Å². The Balaban J connectivity index is 1.57. The molecular weight excluding hydrogens is 384 g/mol. The smallest absolute Gasteiger partial charge is 0.161 e. The highest BCUT2D eigenvalue weighted by Crippen LogP contribution is 2.45. The molecule has 0 amide bonds. The zero-order chi connectivity index (χ0) is 21.1. The summed E-state index contributed by atoms with van der Waals surface area (Å²) >= 11 is 0. The molecule has 0 aromatic heterocycles. The van der Waals surface area contributed by atoms with E-state index < -0.39 is 0 Å². The van der Waals surface area contributed by atoms with Crippen LogP contribution in [0.3, 0.4) is 0 Å². The van der Waals surface area contributed by atoms with Crippen molar-refractivity contribution in [3.8, 4) is 11.5 Å². The second-order valence-corrected chi connectivity index (χ2v) is 9.19. The molecule has 0 unspecified atom stereocenters. The van der Waals surface area contributed by atoms with Crippen molar-refractivity contribution in [2.24, 2.45) is 0 Å². The van der Waals surface area contributed by atoms with Gasteiger partial charge in [0.2, 0.25) is 0 Å². The summed E-state index contributed by atoms with van der Waals surface area (Å²) in [6, 6.07) is 15.5. The second-order valence-electron chi connectivity index (χ2n) is 9.19. The fourth-order valence-corrected chi connectivity index (χ4v) is 5.59. The summed E-state index contributed by atoms with van der Waals surface area (Å²) in [5.41, 5.74) is 4.01. The van der Waals surface area contributed by atoms with Crippen molar-refractivity contribution in [3.63, 3.8) is 0 Å². The van der Waals surface area contributed by atoms with E-state index in [1.165, 1.54) is 29.5 Å². The second kappa shape index (κ2) is 9.05. The first kappa shape index (κ1) is 20.6. The number of nitrogens with one attached hydrogen (secondary N) is 1. The Morgan fingerprint density at radius 2 is 1.84 bits per heavy atom. The number of rotatable bonds is 6. The number of hydrogen-bond acceptors (Lipinski definition) is 4. The number of methoxy groups -OCH3 is 1. The van der Waals surface area contributed by atoms with Crippen molar-refractivity contribution < 1.29 is 9.47 Å². The summed E-state index contributed by atoms with van der Waals surface area (Å²) in [6.45, 7) is 5.33. The number of allylic oxidation sites excluding steroid dienone is 1. The third-order valence-corrected chi connectivity index (χ3v) is 7.26. The van der Waals surface area contributed by atoms with E-state index in [9.17, 15) is 0 Å². The van der Waals surface area contributed by atoms with Gasteiger partial charge in [0.15, 0.2) is 11.5 Å². The number of fused-ring (bicyclic) bond motifs is 1. The van der Waals surface area contributed by atoms with Gasteiger partial charge in [-0.1, -0.05) is 42.5 Å². The third kappa shape index (κ3) is 4.11. The lowest BCUT2D eigenvalue weighted by Gasteiger charge is -2.42. The molecule has 31 heavy (non-hydrogen) atoms. The third-order valence-electron chi connectivity index (χ3n) is 7.26. The van der Waals surface area contributed by atoms with Crippen molar-refractivity contribution in [2.45, 2.75) is 43.6 Å². The molecule has 0 spiro atoms. The van der Waals surface area contributed by atoms with E-state index in [0.717, 1.165) is 63.5 Å². The maximum Gasteiger partial charge on any atom is 0.161 e. The monoisotopic (exact) mass is 418 g/mol. The summed E-state index contributed by atoms with van der Waals surface area (Å²) in [6.07, 6.45) is 10.8. The number of piperazine rings is 1. The van der Waals surface area contributed by atoms with Crippen LogP contribution in [0.15, 0.2) is 48.5 Å². The Morgan fingerprint density at radius 3 is 2.65 bits per heavy atom. The average Bonchev–Trinajstić information content (AvgIpc) is 3.33. The van der Waals surface area contributed by atoms with Gasteiger partial charge in [0, 0.05) is 38.1 Å². The molecule has 0 radical (unpaired) electrons. The average molecular weight is 419 g/mol. The summed E-state index contributed by atoms with van der Waals surface area (Å²) in [5.74, 6) is 1.74. The molecule has 1 saturated carbocycles. The first-order chi connectivity index (χ1) is 15.3. The van der Waals surface area contributed by atoms with Crippen LogP contribution in [0.1, 0.15) is 48.8 Å². The number of ether oxygens (including phenoxy) is 2. The predicted octanol–water partition coefficient (Wildman–Crippen LogP) is 4.62. The highest BCUT2D eigenvalue weighted by atomic mass is 16.5. The van der Waals surface area contributed by atoms with Crippen LogP contribution in [0.4, 0.5) is 0 Å². The fourth-order valence-electron chi connectivity index (χ4n) is 5.59. The van der Waals surface area contributed by atoms with Gasteiger partial charge >= 0.3 is 0 Å². The summed E-state index contributed by atoms with van der Waals surface area (Å²) in [4.78, 5) is 2.62. The highest BCUT2D eigenvalue weighted by molar-refractivity contribution is 5.63. The first-order valence-corrected chi connectivity index (χ1v) is 11.8. The van der Waals surface area contributed by atoms with E-state index in [1.807, 2.05) is 0 Å². The minimum absolute atomic E-state index is 0.0806. The number of nitrogens with zero attached hydrogens (tertiary/aromatic N) is 1. The van der Waals surface area contributed by atoms with Crippen LogP contribution in [0, 0.1) is 0 Å². The predicted molar refractivity (Wildman–Crippen MR) is 126 cm³/mol. The molecule has 1 aliphatic heterocycles. The Labute approximate surface area is 186 Å². The van der Waals surface area contributed by atoms with Gasteiger partial charge in [-0.25, -0.2) is 0 Å². The number of benzene rings is 2. The zero-order valence-electron chi connectivity index (χ0n) is 18.6. The van der Waals surface area contributed by atoms with Crippen molar-refractivity contribution in [3.05, 3.63) is 65.2 Å². The van der Waals surface area contributed by atoms with Crippen LogP contribution in [0.2, 0.25) is 0 Å². The van der Waals surface area contributed by atoms with E-state index in [4.69, 9.17) is 9.47 Å². The Hall–Kier alpha value is -2.30. The molecule has 2 aliphatic carbocycles. The zero-order valence-corrected chi connectivity index (χ0v) is 18.6. The van der Waals surface area contributed by atoms with Crippen molar-refractivity contribution >= 4 is 6.08 Å². The largest absolute Gasteiger partial charge is 0.493 e. The molecule has 4 nitrogen and oxygen atoms in total. The molecule has 164 valence electrons. The first-order valence-electron chi connectivity index (χ1n) is 11.8. The molecule has 1 N–H and O–H groups in total. The van der Waals surface area contributed by atoms with E-state index >= 15 is 0 Å². The molecule has 2 aromatic carbocycles. The molecule has 1 atom stereocenters. The lowest BCUT2D eigenvalue weighted by atomic mass is 9.67. The van der Waals surface area contributed by atoms with Crippen molar-refractivity contribution in [1.29, 1.82) is 0 Å². The van der Waals surface area contributed by atoms with Gasteiger partial charge in [-0.2, -0.15) is 0 Å². The van der Waals surface area contributed by atoms with Crippen LogP contribution >= 0.6 is 0 Å². The quantitative estimate of drug-likeness (QED) is 0.742. The highest BCUT2D eigenvalue weighted by Gasteiger charge is 2.39. The van der Waals surface area contributed by atoms with Crippen LogP contribution < -0.4 is 14.8 Å². The minimum Gasteiger partial charge on any atom is -0.493 e. The van der Waals surface area contributed by atoms with Gasteiger partial charge in [-0.3, -0.25) is 4.90 Å². The molecule has 3 aliphatic rings. The lowest BCUT2D eigenvalue weighted by molar-refractivity contribution is 0.194. The topological polar surface area (TPSA) is 33.7 Å². The summed E-state index contributed by atoms with van der Waals surface area (Å²) in [5, 5.41) is 3.50. The molecule has 1 saturated heterocycles. The van der Waals surface area contributed by atoms with Crippen molar-refractivity contribution in [1.82, 2.24) is 10.2 Å². The van der Waals surface area contributed by atoms with Crippen molar-refractivity contribution in [2.75, 3.05) is 39.8 Å². The van der Waals surface area contributed by atoms with Crippen LogP contribution in [0.5, 0.6) is 11.5 Å². The maximum atomic E-state index is 6.49. The standard InChI is InChI=1S/C27H34N2O2/c1-30-25-13-12-22(19-26(25)31-23-9-3-4-10-23)27(20-29-17-15-28-16-18-29)14-6-8-21-7-2-5-11-24(21)27/h2,5-8,11-13,19,23,28H,3-4,9-10,14-18,20H2,1H3/t27-/m0/s1.